The second-order valence-corrected chi connectivity index (χ2v) is 5.71. The SMILES string of the molecule is CNC(C)c1ccc(OC2CCCC(C)C2)c(F)c1. The van der Waals surface area contributed by atoms with Crippen molar-refractivity contribution >= 4 is 0 Å². The van der Waals surface area contributed by atoms with Gasteiger partial charge in [0.1, 0.15) is 0 Å². The molecule has 0 radical (unpaired) electrons. The van der Waals surface area contributed by atoms with E-state index in [4.69, 9.17) is 4.74 Å². The van der Waals surface area contributed by atoms with Gasteiger partial charge < -0.3 is 10.1 Å². The molecule has 1 fully saturated rings. The van der Waals surface area contributed by atoms with Crippen LogP contribution in [-0.4, -0.2) is 13.2 Å². The Kier molecular flexibility index (Phi) is 4.81. The maximum atomic E-state index is 14.0. The summed E-state index contributed by atoms with van der Waals surface area (Å²) in [6, 6.07) is 5.42. The molecule has 1 aliphatic rings. The van der Waals surface area contributed by atoms with E-state index in [-0.39, 0.29) is 18.0 Å². The first kappa shape index (κ1) is 14.3. The lowest BCUT2D eigenvalue weighted by Crippen LogP contribution is -2.24. The predicted molar refractivity (Wildman–Crippen MR) is 75.9 cm³/mol. The van der Waals surface area contributed by atoms with Gasteiger partial charge in [0.2, 0.25) is 0 Å². The fourth-order valence-electron chi connectivity index (χ4n) is 2.71. The van der Waals surface area contributed by atoms with Crippen LogP contribution in [0.1, 0.15) is 51.1 Å². The lowest BCUT2D eigenvalue weighted by atomic mass is 9.89. The standard InChI is InChI=1S/C16H24FNO/c1-11-5-4-6-14(9-11)19-16-8-7-13(10-15(16)17)12(2)18-3/h7-8,10-12,14,18H,4-6,9H2,1-3H3. The van der Waals surface area contributed by atoms with E-state index in [0.29, 0.717) is 11.7 Å². The second-order valence-electron chi connectivity index (χ2n) is 5.71. The van der Waals surface area contributed by atoms with Gasteiger partial charge in [0.15, 0.2) is 11.6 Å². The average Bonchev–Trinajstić information content (AvgIpc) is 2.40. The number of rotatable bonds is 4. The molecule has 1 aromatic carbocycles. The minimum absolute atomic E-state index is 0.151. The third-order valence-electron chi connectivity index (χ3n) is 4.07. The summed E-state index contributed by atoms with van der Waals surface area (Å²) in [4.78, 5) is 0. The number of halogens is 1. The topological polar surface area (TPSA) is 21.3 Å². The summed E-state index contributed by atoms with van der Waals surface area (Å²) in [7, 11) is 1.87. The van der Waals surface area contributed by atoms with E-state index >= 15 is 0 Å². The first-order chi connectivity index (χ1) is 9.10. The Bertz CT molecular complexity index is 421. The van der Waals surface area contributed by atoms with E-state index < -0.39 is 0 Å². The van der Waals surface area contributed by atoms with Crippen LogP contribution >= 0.6 is 0 Å². The molecule has 0 heterocycles. The van der Waals surface area contributed by atoms with E-state index in [1.165, 1.54) is 12.8 Å². The van der Waals surface area contributed by atoms with Crippen molar-refractivity contribution in [1.82, 2.24) is 5.32 Å². The maximum absolute atomic E-state index is 14.0. The van der Waals surface area contributed by atoms with Crippen LogP contribution in [0.2, 0.25) is 0 Å². The van der Waals surface area contributed by atoms with E-state index in [9.17, 15) is 4.39 Å². The van der Waals surface area contributed by atoms with Crippen LogP contribution in [-0.2, 0) is 0 Å². The molecule has 0 spiro atoms. The summed E-state index contributed by atoms with van der Waals surface area (Å²) in [6.07, 6.45) is 4.70. The summed E-state index contributed by atoms with van der Waals surface area (Å²) in [5, 5.41) is 3.11. The lowest BCUT2D eigenvalue weighted by Gasteiger charge is -2.27. The number of hydrogen-bond acceptors (Lipinski definition) is 2. The number of ether oxygens (including phenoxy) is 1. The van der Waals surface area contributed by atoms with Crippen LogP contribution in [0.3, 0.4) is 0 Å². The Labute approximate surface area is 115 Å². The zero-order chi connectivity index (χ0) is 13.8. The molecule has 0 saturated heterocycles. The van der Waals surface area contributed by atoms with Gasteiger partial charge in [-0.1, -0.05) is 19.4 Å². The zero-order valence-corrected chi connectivity index (χ0v) is 12.1. The van der Waals surface area contributed by atoms with Crippen LogP contribution in [0.5, 0.6) is 5.75 Å². The highest BCUT2D eigenvalue weighted by Gasteiger charge is 2.21. The van der Waals surface area contributed by atoms with Gasteiger partial charge in [0, 0.05) is 6.04 Å². The van der Waals surface area contributed by atoms with Crippen molar-refractivity contribution in [3.63, 3.8) is 0 Å². The lowest BCUT2D eigenvalue weighted by molar-refractivity contribution is 0.124. The van der Waals surface area contributed by atoms with E-state index in [0.717, 1.165) is 18.4 Å². The van der Waals surface area contributed by atoms with Gasteiger partial charge in [-0.15, -0.1) is 0 Å². The van der Waals surface area contributed by atoms with Gasteiger partial charge in [0.05, 0.1) is 6.10 Å². The third kappa shape index (κ3) is 3.69. The van der Waals surface area contributed by atoms with Crippen molar-refractivity contribution in [2.24, 2.45) is 5.92 Å². The van der Waals surface area contributed by atoms with Gasteiger partial charge >= 0.3 is 0 Å². The Morgan fingerprint density at radius 3 is 2.79 bits per heavy atom. The molecular weight excluding hydrogens is 241 g/mol. The first-order valence-electron chi connectivity index (χ1n) is 7.23. The number of hydrogen-bond donors (Lipinski definition) is 1. The molecular formula is C16H24FNO. The maximum Gasteiger partial charge on any atom is 0.165 e. The molecule has 0 bridgehead atoms. The van der Waals surface area contributed by atoms with Crippen molar-refractivity contribution in [3.8, 4) is 5.75 Å². The summed E-state index contributed by atoms with van der Waals surface area (Å²) < 4.78 is 19.9. The van der Waals surface area contributed by atoms with Crippen LogP contribution in [0.4, 0.5) is 4.39 Å². The molecule has 1 aromatic rings. The van der Waals surface area contributed by atoms with Crippen molar-refractivity contribution in [3.05, 3.63) is 29.6 Å². The van der Waals surface area contributed by atoms with Crippen molar-refractivity contribution in [2.45, 2.75) is 51.7 Å². The highest BCUT2D eigenvalue weighted by molar-refractivity contribution is 5.31. The van der Waals surface area contributed by atoms with Crippen LogP contribution < -0.4 is 10.1 Å². The van der Waals surface area contributed by atoms with Crippen molar-refractivity contribution in [1.29, 1.82) is 0 Å². The largest absolute Gasteiger partial charge is 0.487 e. The fraction of sp³-hybridized carbons (Fsp3) is 0.625. The normalized spacial score (nSPS) is 25.1. The predicted octanol–water partition coefficient (Wildman–Crippen LogP) is 4.06. The van der Waals surface area contributed by atoms with E-state index in [1.807, 2.05) is 20.0 Å². The number of nitrogens with one attached hydrogen (secondary N) is 1. The van der Waals surface area contributed by atoms with Gasteiger partial charge in [-0.05, 0) is 56.8 Å². The minimum atomic E-state index is -0.252. The van der Waals surface area contributed by atoms with Crippen molar-refractivity contribution < 1.29 is 9.13 Å². The van der Waals surface area contributed by atoms with Crippen molar-refractivity contribution in [2.75, 3.05) is 7.05 Å². The van der Waals surface area contributed by atoms with Gasteiger partial charge in [-0.3, -0.25) is 0 Å². The highest BCUT2D eigenvalue weighted by atomic mass is 19.1. The molecule has 3 unspecified atom stereocenters. The molecule has 106 valence electrons. The monoisotopic (exact) mass is 265 g/mol. The summed E-state index contributed by atoms with van der Waals surface area (Å²) in [6.45, 7) is 4.25. The summed E-state index contributed by atoms with van der Waals surface area (Å²) in [5.74, 6) is 0.828. The summed E-state index contributed by atoms with van der Waals surface area (Å²) >= 11 is 0. The Morgan fingerprint density at radius 1 is 1.37 bits per heavy atom. The Balaban J connectivity index is 2.04. The fourth-order valence-corrected chi connectivity index (χ4v) is 2.71. The molecule has 3 atom stereocenters. The molecule has 2 nitrogen and oxygen atoms in total. The molecule has 1 saturated carbocycles. The van der Waals surface area contributed by atoms with Crippen LogP contribution in [0, 0.1) is 11.7 Å². The molecule has 0 aromatic heterocycles. The zero-order valence-electron chi connectivity index (χ0n) is 12.1. The van der Waals surface area contributed by atoms with E-state index in [1.54, 1.807) is 12.1 Å². The van der Waals surface area contributed by atoms with Gasteiger partial charge in [-0.25, -0.2) is 4.39 Å². The third-order valence-corrected chi connectivity index (χ3v) is 4.07. The Morgan fingerprint density at radius 2 is 2.16 bits per heavy atom. The Hall–Kier alpha value is -1.09. The molecule has 1 N–H and O–H groups in total. The average molecular weight is 265 g/mol. The van der Waals surface area contributed by atoms with E-state index in [2.05, 4.69) is 12.2 Å². The van der Waals surface area contributed by atoms with Gasteiger partial charge in [-0.2, -0.15) is 0 Å². The molecule has 2 rings (SSSR count). The molecule has 0 aliphatic heterocycles. The molecule has 19 heavy (non-hydrogen) atoms. The second kappa shape index (κ2) is 6.38. The number of benzene rings is 1. The van der Waals surface area contributed by atoms with Crippen LogP contribution in [0.15, 0.2) is 18.2 Å². The quantitative estimate of drug-likeness (QED) is 0.886. The first-order valence-corrected chi connectivity index (χ1v) is 7.23. The molecule has 3 heteroatoms. The van der Waals surface area contributed by atoms with Gasteiger partial charge in [0.25, 0.3) is 0 Å². The molecule has 1 aliphatic carbocycles. The molecule has 0 amide bonds. The van der Waals surface area contributed by atoms with Crippen LogP contribution in [0.25, 0.3) is 0 Å². The summed E-state index contributed by atoms with van der Waals surface area (Å²) in [5.41, 5.74) is 0.948. The minimum Gasteiger partial charge on any atom is -0.487 e. The smallest absolute Gasteiger partial charge is 0.165 e. The highest BCUT2D eigenvalue weighted by Crippen LogP contribution is 2.29.